The highest BCUT2D eigenvalue weighted by atomic mass is 35.5. The van der Waals surface area contributed by atoms with Gasteiger partial charge in [-0.1, -0.05) is 23.4 Å². The maximum atomic E-state index is 12.8. The Balaban J connectivity index is 1.59. The number of thioether (sulfide) groups is 1. The number of amides is 1. The monoisotopic (exact) mass is 509 g/mol. The van der Waals surface area contributed by atoms with Crippen LogP contribution in [-0.4, -0.2) is 45.1 Å². The number of carbonyl (C=O) groups excluding carboxylic acids is 1. The first kappa shape index (κ1) is 24.6. The zero-order chi connectivity index (χ0) is 24.8. The van der Waals surface area contributed by atoms with E-state index < -0.39 is 0 Å². The van der Waals surface area contributed by atoms with Crippen molar-refractivity contribution in [1.82, 2.24) is 19.7 Å². The topological polar surface area (TPSA) is 91.2 Å². The van der Waals surface area contributed by atoms with Crippen LogP contribution in [0.4, 0.5) is 5.69 Å². The summed E-state index contributed by atoms with van der Waals surface area (Å²) in [7, 11) is 1.53. The fourth-order valence-electron chi connectivity index (χ4n) is 3.38. The lowest BCUT2D eigenvalue weighted by Crippen LogP contribution is -2.15. The molecule has 0 aliphatic heterocycles. The average Bonchev–Trinajstić information content (AvgIpc) is 3.30. The summed E-state index contributed by atoms with van der Waals surface area (Å²) in [6, 6.07) is 14.9. The average molecular weight is 510 g/mol. The van der Waals surface area contributed by atoms with Gasteiger partial charge in [0.15, 0.2) is 11.0 Å². The van der Waals surface area contributed by atoms with Crippen LogP contribution in [0.2, 0.25) is 5.02 Å². The summed E-state index contributed by atoms with van der Waals surface area (Å²) in [5.41, 5.74) is 3.05. The SMILES string of the molecule is CCOc1ccc(-n2c(SCC(=O)Nc3cc(C)c(Cl)cc3OC)nnc2-c2cccnc2)cc1. The van der Waals surface area contributed by atoms with Gasteiger partial charge in [0.2, 0.25) is 5.91 Å². The Kier molecular flexibility index (Phi) is 7.89. The van der Waals surface area contributed by atoms with Crippen molar-refractivity contribution < 1.29 is 14.3 Å². The van der Waals surface area contributed by atoms with Gasteiger partial charge in [0.05, 0.1) is 25.2 Å². The molecule has 0 aliphatic carbocycles. The molecule has 0 saturated heterocycles. The quantitative estimate of drug-likeness (QED) is 0.301. The van der Waals surface area contributed by atoms with Gasteiger partial charge in [0, 0.05) is 34.7 Å². The number of hydrogen-bond donors (Lipinski definition) is 1. The van der Waals surface area contributed by atoms with Gasteiger partial charge in [-0.05, 0) is 61.9 Å². The molecule has 4 aromatic rings. The molecule has 0 bridgehead atoms. The molecule has 2 heterocycles. The molecule has 0 aliphatic rings. The van der Waals surface area contributed by atoms with Crippen molar-refractivity contribution in [2.24, 2.45) is 0 Å². The largest absolute Gasteiger partial charge is 0.495 e. The van der Waals surface area contributed by atoms with E-state index in [-0.39, 0.29) is 11.7 Å². The van der Waals surface area contributed by atoms with Crippen molar-refractivity contribution in [2.75, 3.05) is 24.8 Å². The van der Waals surface area contributed by atoms with E-state index >= 15 is 0 Å². The van der Waals surface area contributed by atoms with E-state index in [9.17, 15) is 4.79 Å². The Labute approximate surface area is 212 Å². The molecule has 35 heavy (non-hydrogen) atoms. The zero-order valence-corrected chi connectivity index (χ0v) is 21.1. The number of halogens is 1. The summed E-state index contributed by atoms with van der Waals surface area (Å²) < 4.78 is 12.8. The lowest BCUT2D eigenvalue weighted by atomic mass is 10.2. The number of aromatic nitrogens is 4. The third-order valence-corrected chi connectivity index (χ3v) is 6.38. The maximum absolute atomic E-state index is 12.8. The molecule has 4 rings (SSSR count). The molecular weight excluding hydrogens is 486 g/mol. The summed E-state index contributed by atoms with van der Waals surface area (Å²) in [5.74, 6) is 1.80. The van der Waals surface area contributed by atoms with Crippen LogP contribution in [0.15, 0.2) is 66.1 Å². The second-order valence-corrected chi connectivity index (χ2v) is 8.80. The predicted molar refractivity (Wildman–Crippen MR) is 138 cm³/mol. The molecule has 0 unspecified atom stereocenters. The fraction of sp³-hybridized carbons (Fsp3) is 0.200. The van der Waals surface area contributed by atoms with Crippen molar-refractivity contribution >= 4 is 35.0 Å². The number of rotatable bonds is 9. The van der Waals surface area contributed by atoms with Gasteiger partial charge in [-0.25, -0.2) is 0 Å². The van der Waals surface area contributed by atoms with E-state index in [4.69, 9.17) is 21.1 Å². The summed E-state index contributed by atoms with van der Waals surface area (Å²) in [6.45, 7) is 4.39. The highest BCUT2D eigenvalue weighted by molar-refractivity contribution is 7.99. The predicted octanol–water partition coefficient (Wildman–Crippen LogP) is 5.43. The first-order valence-corrected chi connectivity index (χ1v) is 12.2. The number of benzene rings is 2. The van der Waals surface area contributed by atoms with Gasteiger partial charge >= 0.3 is 0 Å². The standard InChI is InChI=1S/C25H24ClN5O3S/c1-4-34-19-9-7-18(8-10-19)31-24(17-6-5-11-27-14-17)29-30-25(31)35-15-23(32)28-21-12-16(2)20(26)13-22(21)33-3/h5-14H,4,15H2,1-3H3,(H,28,32). The third kappa shape index (κ3) is 5.75. The Morgan fingerprint density at radius 2 is 1.97 bits per heavy atom. The number of nitrogens with one attached hydrogen (secondary N) is 1. The smallest absolute Gasteiger partial charge is 0.234 e. The summed E-state index contributed by atoms with van der Waals surface area (Å²) >= 11 is 7.45. The summed E-state index contributed by atoms with van der Waals surface area (Å²) in [5, 5.41) is 12.8. The van der Waals surface area contributed by atoms with Crippen LogP contribution in [-0.2, 0) is 4.79 Å². The summed E-state index contributed by atoms with van der Waals surface area (Å²) in [4.78, 5) is 17.0. The number of anilines is 1. The van der Waals surface area contributed by atoms with Gasteiger partial charge in [0.1, 0.15) is 11.5 Å². The lowest BCUT2D eigenvalue weighted by Gasteiger charge is -2.13. The number of nitrogens with zero attached hydrogens (tertiary/aromatic N) is 4. The Morgan fingerprint density at radius 1 is 1.17 bits per heavy atom. The molecule has 1 N–H and O–H groups in total. The van der Waals surface area contributed by atoms with Crippen molar-refractivity contribution in [3.8, 4) is 28.6 Å². The number of hydrogen-bond acceptors (Lipinski definition) is 7. The first-order valence-electron chi connectivity index (χ1n) is 10.9. The molecule has 10 heteroatoms. The first-order chi connectivity index (χ1) is 17.0. The van der Waals surface area contributed by atoms with Gasteiger partial charge < -0.3 is 14.8 Å². The van der Waals surface area contributed by atoms with E-state index in [2.05, 4.69) is 20.5 Å². The van der Waals surface area contributed by atoms with Crippen LogP contribution >= 0.6 is 23.4 Å². The molecular formula is C25H24ClN5O3S. The highest BCUT2D eigenvalue weighted by Crippen LogP contribution is 2.32. The minimum Gasteiger partial charge on any atom is -0.495 e. The molecule has 1 amide bonds. The molecule has 180 valence electrons. The second-order valence-electron chi connectivity index (χ2n) is 7.45. The minimum absolute atomic E-state index is 0.118. The lowest BCUT2D eigenvalue weighted by molar-refractivity contribution is -0.113. The van der Waals surface area contributed by atoms with E-state index in [1.54, 1.807) is 24.5 Å². The van der Waals surface area contributed by atoms with Crippen LogP contribution < -0.4 is 14.8 Å². The van der Waals surface area contributed by atoms with Crippen LogP contribution in [0.5, 0.6) is 11.5 Å². The van der Waals surface area contributed by atoms with Crippen molar-refractivity contribution in [3.05, 3.63) is 71.5 Å². The van der Waals surface area contributed by atoms with Gasteiger partial charge in [0.25, 0.3) is 0 Å². The van der Waals surface area contributed by atoms with Crippen molar-refractivity contribution in [1.29, 1.82) is 0 Å². The van der Waals surface area contributed by atoms with Crippen molar-refractivity contribution in [3.63, 3.8) is 0 Å². The molecule has 0 radical (unpaired) electrons. The molecule has 2 aromatic carbocycles. The highest BCUT2D eigenvalue weighted by Gasteiger charge is 2.18. The molecule has 0 atom stereocenters. The number of carbonyl (C=O) groups is 1. The van der Waals surface area contributed by atoms with E-state index in [1.807, 2.05) is 54.8 Å². The van der Waals surface area contributed by atoms with Crippen molar-refractivity contribution in [2.45, 2.75) is 19.0 Å². The number of methoxy groups -OCH3 is 1. The normalized spacial score (nSPS) is 10.7. The van der Waals surface area contributed by atoms with Crippen LogP contribution in [0.3, 0.4) is 0 Å². The maximum Gasteiger partial charge on any atom is 0.234 e. The van der Waals surface area contributed by atoms with Gasteiger partial charge in [-0.3, -0.25) is 14.3 Å². The molecule has 8 nitrogen and oxygen atoms in total. The molecule has 0 fully saturated rings. The van der Waals surface area contributed by atoms with Crippen LogP contribution in [0.1, 0.15) is 12.5 Å². The van der Waals surface area contributed by atoms with E-state index in [0.29, 0.717) is 34.0 Å². The molecule has 2 aromatic heterocycles. The summed E-state index contributed by atoms with van der Waals surface area (Å²) in [6.07, 6.45) is 3.43. The fourth-order valence-corrected chi connectivity index (χ4v) is 4.29. The number of aryl methyl sites for hydroxylation is 1. The van der Waals surface area contributed by atoms with Crippen LogP contribution in [0.25, 0.3) is 17.1 Å². The van der Waals surface area contributed by atoms with E-state index in [1.165, 1.54) is 18.9 Å². The minimum atomic E-state index is -0.209. The third-order valence-electron chi connectivity index (χ3n) is 5.05. The Morgan fingerprint density at radius 3 is 2.66 bits per heavy atom. The van der Waals surface area contributed by atoms with Gasteiger partial charge in [-0.2, -0.15) is 0 Å². The Hall–Kier alpha value is -3.56. The molecule has 0 spiro atoms. The molecule has 0 saturated carbocycles. The van der Waals surface area contributed by atoms with E-state index in [0.717, 1.165) is 22.6 Å². The van der Waals surface area contributed by atoms with Crippen LogP contribution in [0, 0.1) is 6.92 Å². The Bertz CT molecular complexity index is 1310. The number of ether oxygens (including phenoxy) is 2. The zero-order valence-electron chi connectivity index (χ0n) is 19.5. The second kappa shape index (κ2) is 11.2. The van der Waals surface area contributed by atoms with Gasteiger partial charge in [-0.15, -0.1) is 10.2 Å². The number of pyridine rings is 1.